The van der Waals surface area contributed by atoms with E-state index in [9.17, 15) is 0 Å². The molecule has 4 heteroatoms. The lowest BCUT2D eigenvalue weighted by Gasteiger charge is -2.18. The van der Waals surface area contributed by atoms with E-state index >= 15 is 0 Å². The van der Waals surface area contributed by atoms with Crippen LogP contribution in [0.15, 0.2) is 12.4 Å². The highest BCUT2D eigenvalue weighted by atomic mass is 16.5. The Labute approximate surface area is 96.7 Å². The summed E-state index contributed by atoms with van der Waals surface area (Å²) in [5.41, 5.74) is 1.14. The Kier molecular flexibility index (Phi) is 3.72. The van der Waals surface area contributed by atoms with Gasteiger partial charge in [-0.2, -0.15) is 0 Å². The maximum absolute atomic E-state index is 5.60. The SMILES string of the molecule is CCc1cnc(OC[C@@H]2CCCN2C)nc1. The van der Waals surface area contributed by atoms with Gasteiger partial charge in [-0.25, -0.2) is 9.97 Å². The third-order valence-electron chi connectivity index (χ3n) is 3.17. The monoisotopic (exact) mass is 221 g/mol. The topological polar surface area (TPSA) is 38.2 Å². The van der Waals surface area contributed by atoms with Crippen LogP contribution in [0, 0.1) is 0 Å². The second-order valence-corrected chi connectivity index (χ2v) is 4.32. The smallest absolute Gasteiger partial charge is 0.316 e. The van der Waals surface area contributed by atoms with Gasteiger partial charge in [0, 0.05) is 18.4 Å². The van der Waals surface area contributed by atoms with Crippen molar-refractivity contribution in [2.75, 3.05) is 20.2 Å². The van der Waals surface area contributed by atoms with E-state index in [1.54, 1.807) is 0 Å². The molecule has 4 nitrogen and oxygen atoms in total. The van der Waals surface area contributed by atoms with Crippen LogP contribution in [0.2, 0.25) is 0 Å². The van der Waals surface area contributed by atoms with Gasteiger partial charge < -0.3 is 9.64 Å². The zero-order valence-electron chi connectivity index (χ0n) is 10.0. The summed E-state index contributed by atoms with van der Waals surface area (Å²) in [4.78, 5) is 10.7. The average molecular weight is 221 g/mol. The number of hydrogen-bond acceptors (Lipinski definition) is 4. The van der Waals surface area contributed by atoms with Crippen LogP contribution in [0.3, 0.4) is 0 Å². The molecule has 1 aromatic heterocycles. The number of likely N-dealkylation sites (tertiary alicyclic amines) is 1. The largest absolute Gasteiger partial charge is 0.462 e. The molecule has 0 bridgehead atoms. The standard InChI is InChI=1S/C12H19N3O/c1-3-10-7-13-12(14-8-10)16-9-11-5-4-6-15(11)2/h7-8,11H,3-6,9H2,1-2H3/t11-/m0/s1. The predicted molar refractivity (Wildman–Crippen MR) is 62.6 cm³/mol. The second-order valence-electron chi connectivity index (χ2n) is 4.32. The number of likely N-dealkylation sites (N-methyl/N-ethyl adjacent to an activating group) is 1. The molecule has 1 aromatic rings. The summed E-state index contributed by atoms with van der Waals surface area (Å²) in [6, 6.07) is 1.02. The van der Waals surface area contributed by atoms with E-state index in [0.29, 0.717) is 18.7 Å². The van der Waals surface area contributed by atoms with Gasteiger partial charge in [0.05, 0.1) is 0 Å². The van der Waals surface area contributed by atoms with E-state index in [1.807, 2.05) is 12.4 Å². The summed E-state index contributed by atoms with van der Waals surface area (Å²) >= 11 is 0. The number of nitrogens with zero attached hydrogens (tertiary/aromatic N) is 3. The van der Waals surface area contributed by atoms with E-state index in [2.05, 4.69) is 28.8 Å². The number of ether oxygens (including phenoxy) is 1. The molecule has 88 valence electrons. The molecule has 2 heterocycles. The number of rotatable bonds is 4. The Balaban J connectivity index is 1.84. The number of aryl methyl sites for hydroxylation is 1. The van der Waals surface area contributed by atoms with Gasteiger partial charge >= 0.3 is 6.01 Å². The van der Waals surface area contributed by atoms with Crippen molar-refractivity contribution in [2.45, 2.75) is 32.2 Å². The van der Waals surface area contributed by atoms with Crippen LogP contribution in [0.1, 0.15) is 25.3 Å². The average Bonchev–Trinajstić information content (AvgIpc) is 2.73. The Morgan fingerprint density at radius 2 is 2.19 bits per heavy atom. The molecule has 1 aliphatic heterocycles. The van der Waals surface area contributed by atoms with Gasteiger partial charge in [-0.05, 0) is 38.4 Å². The first-order valence-electron chi connectivity index (χ1n) is 5.93. The quantitative estimate of drug-likeness (QED) is 0.772. The zero-order chi connectivity index (χ0) is 11.4. The van der Waals surface area contributed by atoms with Crippen LogP contribution >= 0.6 is 0 Å². The van der Waals surface area contributed by atoms with E-state index in [4.69, 9.17) is 4.74 Å². The van der Waals surface area contributed by atoms with Gasteiger partial charge in [0.2, 0.25) is 0 Å². The molecule has 0 N–H and O–H groups in total. The minimum atomic E-state index is 0.498. The summed E-state index contributed by atoms with van der Waals surface area (Å²) in [6.07, 6.45) is 7.11. The van der Waals surface area contributed by atoms with E-state index in [1.165, 1.54) is 19.4 Å². The highest BCUT2D eigenvalue weighted by Gasteiger charge is 2.21. The molecule has 1 atom stereocenters. The van der Waals surface area contributed by atoms with Crippen LogP contribution in [-0.2, 0) is 6.42 Å². The maximum Gasteiger partial charge on any atom is 0.316 e. The van der Waals surface area contributed by atoms with Crippen LogP contribution in [-0.4, -0.2) is 41.1 Å². The molecule has 2 rings (SSSR count). The Hall–Kier alpha value is -1.16. The fourth-order valence-corrected chi connectivity index (χ4v) is 1.96. The number of hydrogen-bond donors (Lipinski definition) is 0. The summed E-state index contributed by atoms with van der Waals surface area (Å²) in [7, 11) is 2.14. The van der Waals surface area contributed by atoms with Crippen LogP contribution in [0.4, 0.5) is 0 Å². The van der Waals surface area contributed by atoms with E-state index in [-0.39, 0.29) is 0 Å². The van der Waals surface area contributed by atoms with E-state index in [0.717, 1.165) is 12.0 Å². The first kappa shape index (κ1) is 11.3. The van der Waals surface area contributed by atoms with E-state index < -0.39 is 0 Å². The molecule has 0 aromatic carbocycles. The zero-order valence-corrected chi connectivity index (χ0v) is 10.0. The lowest BCUT2D eigenvalue weighted by molar-refractivity contribution is 0.187. The normalized spacial score (nSPS) is 21.2. The molecule has 1 saturated heterocycles. The highest BCUT2D eigenvalue weighted by molar-refractivity contribution is 5.06. The van der Waals surface area contributed by atoms with Crippen molar-refractivity contribution in [1.82, 2.24) is 14.9 Å². The van der Waals surface area contributed by atoms with Crippen LogP contribution in [0.25, 0.3) is 0 Å². The molecule has 0 saturated carbocycles. The summed E-state index contributed by atoms with van der Waals surface area (Å²) in [5.74, 6) is 0. The van der Waals surface area contributed by atoms with Gasteiger partial charge in [0.25, 0.3) is 0 Å². The minimum absolute atomic E-state index is 0.498. The fraction of sp³-hybridized carbons (Fsp3) is 0.667. The second kappa shape index (κ2) is 5.25. The molecule has 0 spiro atoms. The van der Waals surface area contributed by atoms with Crippen molar-refractivity contribution in [3.63, 3.8) is 0 Å². The van der Waals surface area contributed by atoms with Gasteiger partial charge in [0.1, 0.15) is 6.61 Å². The molecule has 1 fully saturated rings. The minimum Gasteiger partial charge on any atom is -0.462 e. The van der Waals surface area contributed by atoms with Crippen molar-refractivity contribution in [3.05, 3.63) is 18.0 Å². The summed E-state index contributed by atoms with van der Waals surface area (Å²) in [5, 5.41) is 0. The summed E-state index contributed by atoms with van der Waals surface area (Å²) in [6.45, 7) is 3.96. The van der Waals surface area contributed by atoms with Gasteiger partial charge in [0.15, 0.2) is 0 Å². The lowest BCUT2D eigenvalue weighted by atomic mass is 10.2. The fourth-order valence-electron chi connectivity index (χ4n) is 1.96. The molecular weight excluding hydrogens is 202 g/mol. The lowest BCUT2D eigenvalue weighted by Crippen LogP contribution is -2.30. The first-order valence-corrected chi connectivity index (χ1v) is 5.93. The van der Waals surface area contributed by atoms with Gasteiger partial charge in [-0.1, -0.05) is 6.92 Å². The molecule has 0 unspecified atom stereocenters. The molecule has 0 radical (unpaired) electrons. The Morgan fingerprint density at radius 3 is 2.75 bits per heavy atom. The molecule has 1 aliphatic rings. The predicted octanol–water partition coefficient (Wildman–Crippen LogP) is 1.51. The van der Waals surface area contributed by atoms with Gasteiger partial charge in [-0.3, -0.25) is 0 Å². The molecule has 0 amide bonds. The molecular formula is C12H19N3O. The first-order chi connectivity index (χ1) is 7.79. The maximum atomic E-state index is 5.60. The Morgan fingerprint density at radius 1 is 1.44 bits per heavy atom. The Bertz CT molecular complexity index is 326. The molecule has 0 aliphatic carbocycles. The van der Waals surface area contributed by atoms with Gasteiger partial charge in [-0.15, -0.1) is 0 Å². The summed E-state index contributed by atoms with van der Waals surface area (Å²) < 4.78 is 5.60. The van der Waals surface area contributed by atoms with Crippen molar-refractivity contribution < 1.29 is 4.74 Å². The van der Waals surface area contributed by atoms with Crippen molar-refractivity contribution in [3.8, 4) is 6.01 Å². The molecule has 16 heavy (non-hydrogen) atoms. The van der Waals surface area contributed by atoms with Crippen molar-refractivity contribution >= 4 is 0 Å². The van der Waals surface area contributed by atoms with Crippen molar-refractivity contribution in [2.24, 2.45) is 0 Å². The number of aromatic nitrogens is 2. The van der Waals surface area contributed by atoms with Crippen LogP contribution < -0.4 is 4.74 Å². The third kappa shape index (κ3) is 2.70. The third-order valence-corrected chi connectivity index (χ3v) is 3.17. The van der Waals surface area contributed by atoms with Crippen LogP contribution in [0.5, 0.6) is 6.01 Å². The highest BCUT2D eigenvalue weighted by Crippen LogP contribution is 2.15. The van der Waals surface area contributed by atoms with Crippen molar-refractivity contribution in [1.29, 1.82) is 0 Å².